The molecule has 3 aromatic rings. The number of fused-ring (bicyclic) bond motifs is 1. The first-order valence-electron chi connectivity index (χ1n) is 10.2. The fourth-order valence-electron chi connectivity index (χ4n) is 3.64. The second kappa shape index (κ2) is 9.50. The molecule has 0 spiro atoms. The smallest absolute Gasteiger partial charge is 0.387 e. The molecule has 170 valence electrons. The molecule has 0 fully saturated rings. The highest BCUT2D eigenvalue weighted by atomic mass is 32.1. The molecular weight excluding hydrogens is 450 g/mol. The first-order chi connectivity index (χ1) is 15.9. The number of benzene rings is 2. The van der Waals surface area contributed by atoms with E-state index in [2.05, 4.69) is 9.73 Å². The van der Waals surface area contributed by atoms with Crippen LogP contribution in [0.1, 0.15) is 31.0 Å². The summed E-state index contributed by atoms with van der Waals surface area (Å²) in [4.78, 5) is 31.2. The zero-order valence-corrected chi connectivity index (χ0v) is 18.6. The quantitative estimate of drug-likeness (QED) is 0.518. The normalized spacial score (nSPS) is 15.9. The third-order valence-corrected chi connectivity index (χ3v) is 6.02. The Bertz CT molecular complexity index is 1380. The number of esters is 1. The van der Waals surface area contributed by atoms with Gasteiger partial charge in [0.1, 0.15) is 5.75 Å². The molecule has 1 aliphatic rings. The molecule has 0 aliphatic carbocycles. The highest BCUT2D eigenvalue weighted by Gasteiger charge is 2.33. The fraction of sp³-hybridized carbons (Fsp3) is 0.208. The summed E-state index contributed by atoms with van der Waals surface area (Å²) in [5.41, 5.74) is 1.89. The number of allylic oxidation sites excluding steroid dienone is 1. The molecule has 0 radical (unpaired) electrons. The molecule has 0 saturated heterocycles. The van der Waals surface area contributed by atoms with E-state index in [1.54, 1.807) is 32.1 Å². The van der Waals surface area contributed by atoms with Crippen molar-refractivity contribution in [2.75, 3.05) is 6.61 Å². The van der Waals surface area contributed by atoms with Crippen LogP contribution in [0.4, 0.5) is 8.78 Å². The van der Waals surface area contributed by atoms with Crippen molar-refractivity contribution in [1.82, 2.24) is 4.57 Å². The standard InChI is InChI=1S/C24H20F2N2O4S/c1-3-31-22(30)19-14(2)27-24-28(20(19)16-7-5-4-6-8-16)21(29)18(33-24)13-15-9-11-17(12-10-15)32-23(25)26/h4-13,20,23H,3H2,1-2H3/t20-/m0/s1. The zero-order valence-electron chi connectivity index (χ0n) is 17.8. The Morgan fingerprint density at radius 1 is 1.18 bits per heavy atom. The Hall–Kier alpha value is -3.59. The van der Waals surface area contributed by atoms with Crippen LogP contribution in [0.15, 0.2) is 75.7 Å². The van der Waals surface area contributed by atoms with Gasteiger partial charge in [-0.25, -0.2) is 9.79 Å². The second-order valence-electron chi connectivity index (χ2n) is 7.16. The lowest BCUT2D eigenvalue weighted by molar-refractivity contribution is -0.139. The van der Waals surface area contributed by atoms with Crippen molar-refractivity contribution >= 4 is 23.4 Å². The number of hydrogen-bond acceptors (Lipinski definition) is 6. The van der Waals surface area contributed by atoms with Crippen molar-refractivity contribution in [3.63, 3.8) is 0 Å². The Kier molecular flexibility index (Phi) is 6.50. The predicted octanol–water partition coefficient (Wildman–Crippen LogP) is 3.40. The topological polar surface area (TPSA) is 69.9 Å². The molecular formula is C24H20F2N2O4S. The van der Waals surface area contributed by atoms with Crippen molar-refractivity contribution in [1.29, 1.82) is 0 Å². The summed E-state index contributed by atoms with van der Waals surface area (Å²) in [6, 6.07) is 14.5. The molecule has 2 heterocycles. The highest BCUT2D eigenvalue weighted by molar-refractivity contribution is 7.07. The summed E-state index contributed by atoms with van der Waals surface area (Å²) in [6.07, 6.45) is 1.65. The van der Waals surface area contributed by atoms with E-state index in [0.29, 0.717) is 26.2 Å². The summed E-state index contributed by atoms with van der Waals surface area (Å²) >= 11 is 1.19. The van der Waals surface area contributed by atoms with E-state index in [-0.39, 0.29) is 17.9 Å². The van der Waals surface area contributed by atoms with Gasteiger partial charge in [-0.05, 0) is 43.2 Å². The number of aromatic nitrogens is 1. The van der Waals surface area contributed by atoms with Gasteiger partial charge in [-0.3, -0.25) is 9.36 Å². The number of rotatable bonds is 6. The van der Waals surface area contributed by atoms with Gasteiger partial charge in [0.05, 0.1) is 28.5 Å². The maximum absolute atomic E-state index is 13.4. The van der Waals surface area contributed by atoms with Crippen LogP contribution in [0.2, 0.25) is 0 Å². The number of halogens is 2. The van der Waals surface area contributed by atoms with Gasteiger partial charge in [-0.15, -0.1) is 0 Å². The van der Waals surface area contributed by atoms with Crippen LogP contribution in [0.25, 0.3) is 6.08 Å². The monoisotopic (exact) mass is 470 g/mol. The van der Waals surface area contributed by atoms with Gasteiger partial charge in [0.15, 0.2) is 4.80 Å². The molecule has 0 saturated carbocycles. The van der Waals surface area contributed by atoms with Gasteiger partial charge in [0.25, 0.3) is 5.56 Å². The Morgan fingerprint density at radius 2 is 1.88 bits per heavy atom. The minimum Gasteiger partial charge on any atom is -0.463 e. The zero-order chi connectivity index (χ0) is 23.5. The molecule has 1 aliphatic heterocycles. The molecule has 0 amide bonds. The van der Waals surface area contributed by atoms with Crippen molar-refractivity contribution in [2.24, 2.45) is 4.99 Å². The lowest BCUT2D eigenvalue weighted by Gasteiger charge is -2.24. The maximum atomic E-state index is 13.4. The summed E-state index contributed by atoms with van der Waals surface area (Å²) in [5, 5.41) is 0. The summed E-state index contributed by atoms with van der Waals surface area (Å²) < 4.78 is 36.3. The number of alkyl halides is 2. The predicted molar refractivity (Wildman–Crippen MR) is 120 cm³/mol. The molecule has 1 aromatic heterocycles. The molecule has 0 unspecified atom stereocenters. The minimum absolute atomic E-state index is 0.0300. The van der Waals surface area contributed by atoms with Crippen molar-refractivity contribution < 1.29 is 23.0 Å². The first-order valence-corrected chi connectivity index (χ1v) is 11.0. The van der Waals surface area contributed by atoms with Crippen molar-refractivity contribution in [2.45, 2.75) is 26.5 Å². The average Bonchev–Trinajstić information content (AvgIpc) is 3.09. The van der Waals surface area contributed by atoms with E-state index in [1.165, 1.54) is 28.0 Å². The molecule has 0 bridgehead atoms. The third-order valence-electron chi connectivity index (χ3n) is 5.04. The van der Waals surface area contributed by atoms with E-state index in [9.17, 15) is 18.4 Å². The van der Waals surface area contributed by atoms with Crippen LogP contribution in [0, 0.1) is 0 Å². The average molecular weight is 470 g/mol. The molecule has 1 atom stereocenters. The van der Waals surface area contributed by atoms with Crippen LogP contribution < -0.4 is 19.6 Å². The minimum atomic E-state index is -2.91. The molecule has 33 heavy (non-hydrogen) atoms. The number of carbonyl (C=O) groups excluding carboxylic acids is 1. The summed E-state index contributed by atoms with van der Waals surface area (Å²) in [6.45, 7) is 0.737. The molecule has 2 aromatic carbocycles. The molecule has 6 nitrogen and oxygen atoms in total. The second-order valence-corrected chi connectivity index (χ2v) is 8.17. The van der Waals surface area contributed by atoms with Gasteiger partial charge in [-0.2, -0.15) is 8.78 Å². The van der Waals surface area contributed by atoms with Gasteiger partial charge in [-0.1, -0.05) is 53.8 Å². The lowest BCUT2D eigenvalue weighted by atomic mass is 9.96. The van der Waals surface area contributed by atoms with Crippen LogP contribution >= 0.6 is 11.3 Å². The lowest BCUT2D eigenvalue weighted by Crippen LogP contribution is -2.39. The Balaban J connectivity index is 1.84. The van der Waals surface area contributed by atoms with E-state index < -0.39 is 18.6 Å². The van der Waals surface area contributed by atoms with E-state index in [4.69, 9.17) is 4.74 Å². The Labute approximate surface area is 191 Å². The van der Waals surface area contributed by atoms with Crippen LogP contribution in [-0.4, -0.2) is 23.8 Å². The summed E-state index contributed by atoms with van der Waals surface area (Å²) in [5.74, 6) is -0.487. The number of ether oxygens (including phenoxy) is 2. The van der Waals surface area contributed by atoms with Crippen molar-refractivity contribution in [3.05, 3.63) is 96.7 Å². The Morgan fingerprint density at radius 3 is 2.52 bits per heavy atom. The van der Waals surface area contributed by atoms with Gasteiger partial charge < -0.3 is 9.47 Å². The maximum Gasteiger partial charge on any atom is 0.387 e. The first kappa shape index (κ1) is 22.6. The molecule has 4 rings (SSSR count). The summed E-state index contributed by atoms with van der Waals surface area (Å²) in [7, 11) is 0. The van der Waals surface area contributed by atoms with Crippen molar-refractivity contribution in [3.8, 4) is 5.75 Å². The van der Waals surface area contributed by atoms with E-state index in [0.717, 1.165) is 5.56 Å². The molecule has 0 N–H and O–H groups in total. The van der Waals surface area contributed by atoms with E-state index >= 15 is 0 Å². The number of carbonyl (C=O) groups is 1. The van der Waals surface area contributed by atoms with Crippen LogP contribution in [0.3, 0.4) is 0 Å². The number of hydrogen-bond donors (Lipinski definition) is 0. The van der Waals surface area contributed by atoms with E-state index in [1.807, 2.05) is 30.3 Å². The van der Waals surface area contributed by atoms with Gasteiger partial charge in [0, 0.05) is 0 Å². The third kappa shape index (κ3) is 4.63. The SMILES string of the molecule is CCOC(=O)C1=C(C)N=c2sc(=Cc3ccc(OC(F)F)cc3)c(=O)n2[C@H]1c1ccccc1. The largest absolute Gasteiger partial charge is 0.463 e. The van der Waals surface area contributed by atoms with Gasteiger partial charge in [0.2, 0.25) is 0 Å². The fourth-order valence-corrected chi connectivity index (χ4v) is 4.69. The van der Waals surface area contributed by atoms with Gasteiger partial charge >= 0.3 is 12.6 Å². The number of thiazole rings is 1. The number of nitrogens with zero attached hydrogens (tertiary/aromatic N) is 2. The molecule has 9 heteroatoms. The van der Waals surface area contributed by atoms with Crippen LogP contribution in [-0.2, 0) is 9.53 Å². The van der Waals surface area contributed by atoms with Crippen LogP contribution in [0.5, 0.6) is 5.75 Å². The highest BCUT2D eigenvalue weighted by Crippen LogP contribution is 2.30.